The second-order valence-corrected chi connectivity index (χ2v) is 7.41. The average Bonchev–Trinajstić information content (AvgIpc) is 2.67. The van der Waals surface area contributed by atoms with Crippen molar-refractivity contribution in [2.24, 2.45) is 5.92 Å². The molecule has 3 heteroatoms. The van der Waals surface area contributed by atoms with Gasteiger partial charge in [0.15, 0.2) is 5.78 Å². The van der Waals surface area contributed by atoms with Crippen LogP contribution in [0.3, 0.4) is 0 Å². The van der Waals surface area contributed by atoms with Crippen LogP contribution in [0, 0.1) is 5.92 Å². The van der Waals surface area contributed by atoms with Crippen LogP contribution in [0.4, 0.5) is 5.69 Å². The number of pyridine rings is 1. The van der Waals surface area contributed by atoms with E-state index in [0.29, 0.717) is 18.1 Å². The molecular formula is C22H22N2O. The van der Waals surface area contributed by atoms with E-state index in [1.165, 1.54) is 22.3 Å². The van der Waals surface area contributed by atoms with E-state index in [2.05, 4.69) is 40.7 Å². The van der Waals surface area contributed by atoms with Gasteiger partial charge in [-0.2, -0.15) is 0 Å². The maximum atomic E-state index is 12.9. The van der Waals surface area contributed by atoms with Gasteiger partial charge in [0, 0.05) is 40.9 Å². The third-order valence-corrected chi connectivity index (χ3v) is 5.97. The van der Waals surface area contributed by atoms with E-state index in [1.54, 1.807) is 0 Å². The van der Waals surface area contributed by atoms with Crippen LogP contribution in [0.1, 0.15) is 50.0 Å². The number of hydrogen-bond acceptors (Lipinski definition) is 3. The Morgan fingerprint density at radius 1 is 1.12 bits per heavy atom. The number of fused-ring (bicyclic) bond motifs is 3. The van der Waals surface area contributed by atoms with Crippen molar-refractivity contribution in [2.45, 2.75) is 44.4 Å². The van der Waals surface area contributed by atoms with Crippen molar-refractivity contribution in [1.82, 2.24) is 4.98 Å². The van der Waals surface area contributed by atoms with E-state index in [1.807, 2.05) is 12.3 Å². The predicted octanol–water partition coefficient (Wildman–Crippen LogP) is 5.11. The van der Waals surface area contributed by atoms with Gasteiger partial charge >= 0.3 is 0 Å². The highest BCUT2D eigenvalue weighted by molar-refractivity contribution is 6.02. The fourth-order valence-corrected chi connectivity index (χ4v) is 4.87. The summed E-state index contributed by atoms with van der Waals surface area (Å²) in [5.74, 6) is 1.06. The van der Waals surface area contributed by atoms with E-state index in [0.717, 1.165) is 43.2 Å². The van der Waals surface area contributed by atoms with Crippen LogP contribution in [0.2, 0.25) is 0 Å². The van der Waals surface area contributed by atoms with Crippen LogP contribution in [0.25, 0.3) is 10.9 Å². The number of allylic oxidation sites excluding steroid dienone is 4. The molecule has 1 N–H and O–H groups in total. The first-order valence-electron chi connectivity index (χ1n) is 9.39. The SMILES string of the molecule is O=C1CCCC2=C1[C@@H]([C@@H]1CC=CCC1)c1c(ccc3ncccc13)N2. The van der Waals surface area contributed by atoms with Gasteiger partial charge in [-0.15, -0.1) is 0 Å². The maximum absolute atomic E-state index is 12.9. The lowest BCUT2D eigenvalue weighted by atomic mass is 9.69. The lowest BCUT2D eigenvalue weighted by molar-refractivity contribution is -0.116. The predicted molar refractivity (Wildman–Crippen MR) is 100 cm³/mol. The van der Waals surface area contributed by atoms with Crippen molar-refractivity contribution in [3.8, 4) is 0 Å². The van der Waals surface area contributed by atoms with Crippen LogP contribution in [-0.2, 0) is 4.79 Å². The minimum absolute atomic E-state index is 0.205. The van der Waals surface area contributed by atoms with Gasteiger partial charge in [-0.25, -0.2) is 0 Å². The topological polar surface area (TPSA) is 42.0 Å². The molecule has 126 valence electrons. The zero-order chi connectivity index (χ0) is 16.8. The molecular weight excluding hydrogens is 308 g/mol. The van der Waals surface area contributed by atoms with Crippen molar-refractivity contribution in [3.63, 3.8) is 0 Å². The molecule has 3 nitrogen and oxygen atoms in total. The lowest BCUT2D eigenvalue weighted by Crippen LogP contribution is -2.30. The summed E-state index contributed by atoms with van der Waals surface area (Å²) in [6.07, 6.45) is 12.4. The van der Waals surface area contributed by atoms with Gasteiger partial charge in [0.2, 0.25) is 0 Å². The monoisotopic (exact) mass is 330 g/mol. The molecule has 0 saturated carbocycles. The van der Waals surface area contributed by atoms with E-state index in [4.69, 9.17) is 0 Å². The largest absolute Gasteiger partial charge is 0.358 e. The second-order valence-electron chi connectivity index (χ2n) is 7.41. The van der Waals surface area contributed by atoms with Crippen molar-refractivity contribution in [1.29, 1.82) is 0 Å². The molecule has 5 rings (SSSR count). The van der Waals surface area contributed by atoms with Crippen LogP contribution in [0.15, 0.2) is 53.9 Å². The number of carbonyl (C=O) groups is 1. The molecule has 25 heavy (non-hydrogen) atoms. The first-order valence-corrected chi connectivity index (χ1v) is 9.39. The molecule has 1 aromatic heterocycles. The summed E-state index contributed by atoms with van der Waals surface area (Å²) in [7, 11) is 0. The Balaban J connectivity index is 1.76. The molecule has 0 saturated heterocycles. The Kier molecular flexibility index (Phi) is 3.47. The number of nitrogens with one attached hydrogen (secondary N) is 1. The summed E-state index contributed by atoms with van der Waals surface area (Å²) in [5, 5.41) is 4.80. The lowest BCUT2D eigenvalue weighted by Gasteiger charge is -2.39. The van der Waals surface area contributed by atoms with Crippen LogP contribution in [-0.4, -0.2) is 10.8 Å². The molecule has 0 spiro atoms. The molecule has 0 fully saturated rings. The summed E-state index contributed by atoms with van der Waals surface area (Å²) in [4.78, 5) is 17.4. The Hall–Kier alpha value is -2.42. The molecule has 0 bridgehead atoms. The van der Waals surface area contributed by atoms with E-state index < -0.39 is 0 Å². The van der Waals surface area contributed by atoms with Crippen molar-refractivity contribution < 1.29 is 4.79 Å². The molecule has 0 radical (unpaired) electrons. The first-order chi connectivity index (χ1) is 12.3. The van der Waals surface area contributed by atoms with Gasteiger partial charge in [0.1, 0.15) is 0 Å². The molecule has 1 aromatic carbocycles. The summed E-state index contributed by atoms with van der Waals surface area (Å²) < 4.78 is 0. The van der Waals surface area contributed by atoms with Gasteiger partial charge < -0.3 is 5.32 Å². The third-order valence-electron chi connectivity index (χ3n) is 5.97. The first kappa shape index (κ1) is 14.9. The van der Waals surface area contributed by atoms with Crippen molar-refractivity contribution >= 4 is 22.4 Å². The summed E-state index contributed by atoms with van der Waals surface area (Å²) in [5.41, 5.74) is 5.72. The Morgan fingerprint density at radius 2 is 2.08 bits per heavy atom. The van der Waals surface area contributed by atoms with Crippen LogP contribution in [0.5, 0.6) is 0 Å². The van der Waals surface area contributed by atoms with E-state index in [9.17, 15) is 4.79 Å². The number of aromatic nitrogens is 1. The summed E-state index contributed by atoms with van der Waals surface area (Å²) in [6.45, 7) is 0. The Bertz CT molecular complexity index is 925. The zero-order valence-electron chi connectivity index (χ0n) is 14.3. The van der Waals surface area contributed by atoms with Gasteiger partial charge in [-0.1, -0.05) is 18.2 Å². The third kappa shape index (κ3) is 2.33. The molecule has 2 aromatic rings. The number of carbonyl (C=O) groups excluding carboxylic acids is 1. The molecule has 0 unspecified atom stereocenters. The molecule has 1 aliphatic heterocycles. The van der Waals surface area contributed by atoms with Gasteiger partial charge in [-0.3, -0.25) is 9.78 Å². The van der Waals surface area contributed by atoms with Crippen molar-refractivity contribution in [3.05, 3.63) is 59.4 Å². The number of hydrogen-bond donors (Lipinski definition) is 1. The highest BCUT2D eigenvalue weighted by Gasteiger charge is 2.39. The number of nitrogens with zero attached hydrogens (tertiary/aromatic N) is 1. The number of Topliss-reactive ketones (excluding diaryl/α,β-unsaturated/α-hetero) is 1. The quantitative estimate of drug-likeness (QED) is 0.739. The van der Waals surface area contributed by atoms with E-state index in [-0.39, 0.29) is 5.92 Å². The number of ketones is 1. The fraction of sp³-hybridized carbons (Fsp3) is 0.364. The zero-order valence-corrected chi connectivity index (χ0v) is 14.3. The molecule has 3 aliphatic rings. The van der Waals surface area contributed by atoms with Gasteiger partial charge in [-0.05, 0) is 61.8 Å². The minimum Gasteiger partial charge on any atom is -0.358 e. The van der Waals surface area contributed by atoms with Crippen LogP contribution < -0.4 is 5.32 Å². The van der Waals surface area contributed by atoms with Crippen LogP contribution >= 0.6 is 0 Å². The minimum atomic E-state index is 0.205. The van der Waals surface area contributed by atoms with Gasteiger partial charge in [0.05, 0.1) is 5.52 Å². The normalized spacial score (nSPS) is 25.5. The summed E-state index contributed by atoms with van der Waals surface area (Å²) >= 11 is 0. The fourth-order valence-electron chi connectivity index (χ4n) is 4.87. The Labute approximate surface area is 147 Å². The molecule has 2 heterocycles. The molecule has 0 amide bonds. The molecule has 2 atom stereocenters. The highest BCUT2D eigenvalue weighted by Crippen LogP contribution is 2.50. The number of benzene rings is 1. The van der Waals surface area contributed by atoms with E-state index >= 15 is 0 Å². The Morgan fingerprint density at radius 3 is 2.96 bits per heavy atom. The van der Waals surface area contributed by atoms with Crippen molar-refractivity contribution in [2.75, 3.05) is 5.32 Å². The smallest absolute Gasteiger partial charge is 0.161 e. The maximum Gasteiger partial charge on any atom is 0.161 e. The number of anilines is 1. The van der Waals surface area contributed by atoms with Gasteiger partial charge in [0.25, 0.3) is 0 Å². The molecule has 2 aliphatic carbocycles. The average molecular weight is 330 g/mol. The second kappa shape index (κ2) is 5.83. The summed E-state index contributed by atoms with van der Waals surface area (Å²) in [6, 6.07) is 8.41. The number of rotatable bonds is 1. The highest BCUT2D eigenvalue weighted by atomic mass is 16.1. The standard InChI is InChI=1S/C22H22N2O/c25-19-10-4-9-17-22(19)20(14-6-2-1-3-7-14)21-15-8-5-13-23-16(15)11-12-18(21)24-17/h1-2,5,8,11-14,20,24H,3-4,6-7,9-10H2/t14-,20+/m1/s1.